The van der Waals surface area contributed by atoms with E-state index in [4.69, 9.17) is 0 Å². The van der Waals surface area contributed by atoms with E-state index in [1.165, 1.54) is 4.90 Å². The normalized spacial score (nSPS) is 29.1. The van der Waals surface area contributed by atoms with Gasteiger partial charge in [0.15, 0.2) is 0 Å². The third-order valence-corrected chi connectivity index (χ3v) is 5.22. The lowest BCUT2D eigenvalue weighted by Gasteiger charge is -2.19. The summed E-state index contributed by atoms with van der Waals surface area (Å²) in [6, 6.07) is 5.73. The van der Waals surface area contributed by atoms with Gasteiger partial charge in [-0.05, 0) is 43.4 Å². The second-order valence-corrected chi connectivity index (χ2v) is 6.82. The third kappa shape index (κ3) is 2.01. The molecule has 2 unspecified atom stereocenters. The first-order chi connectivity index (χ1) is 9.52. The van der Waals surface area contributed by atoms with E-state index in [1.54, 1.807) is 0 Å². The molecule has 2 atom stereocenters. The first kappa shape index (κ1) is 13.8. The van der Waals surface area contributed by atoms with Crippen LogP contribution in [-0.4, -0.2) is 11.8 Å². The van der Waals surface area contributed by atoms with Gasteiger partial charge in [0.2, 0.25) is 11.8 Å². The van der Waals surface area contributed by atoms with Gasteiger partial charge in [0.05, 0.1) is 17.5 Å². The highest BCUT2D eigenvalue weighted by molar-refractivity contribution is 9.10. The molecule has 4 heteroatoms. The van der Waals surface area contributed by atoms with E-state index in [0.717, 1.165) is 35.0 Å². The molecular weight excluding hydrogens is 318 g/mol. The number of hydrogen-bond acceptors (Lipinski definition) is 2. The molecular formula is C16H18BrNO2. The van der Waals surface area contributed by atoms with Crippen LogP contribution in [0.15, 0.2) is 22.7 Å². The Balaban J connectivity index is 1.96. The largest absolute Gasteiger partial charge is 0.274 e. The first-order valence-corrected chi connectivity index (χ1v) is 7.96. The van der Waals surface area contributed by atoms with Gasteiger partial charge in [-0.2, -0.15) is 0 Å². The van der Waals surface area contributed by atoms with Crippen LogP contribution in [0.25, 0.3) is 0 Å². The molecule has 3 nitrogen and oxygen atoms in total. The minimum Gasteiger partial charge on any atom is -0.274 e. The van der Waals surface area contributed by atoms with Crippen molar-refractivity contribution in [2.75, 3.05) is 4.90 Å². The zero-order valence-corrected chi connectivity index (χ0v) is 13.3. The van der Waals surface area contributed by atoms with Crippen LogP contribution in [0.2, 0.25) is 0 Å². The lowest BCUT2D eigenvalue weighted by molar-refractivity contribution is -0.123. The lowest BCUT2D eigenvalue weighted by atomic mass is 10.00. The number of rotatable bonds is 2. The summed E-state index contributed by atoms with van der Waals surface area (Å²) in [6.45, 7) is 4.07. The molecule has 1 aromatic rings. The molecule has 0 spiro atoms. The van der Waals surface area contributed by atoms with Crippen molar-refractivity contribution >= 4 is 33.4 Å². The summed E-state index contributed by atoms with van der Waals surface area (Å²) in [5, 5.41) is 0. The average molecular weight is 336 g/mol. The van der Waals surface area contributed by atoms with Gasteiger partial charge < -0.3 is 0 Å². The molecule has 1 aliphatic carbocycles. The molecule has 0 N–H and O–H groups in total. The average Bonchev–Trinajstić information content (AvgIpc) is 2.94. The van der Waals surface area contributed by atoms with Crippen molar-refractivity contribution in [1.29, 1.82) is 0 Å². The summed E-state index contributed by atoms with van der Waals surface area (Å²) in [4.78, 5) is 26.6. The molecule has 2 fully saturated rings. The quantitative estimate of drug-likeness (QED) is 0.773. The Kier molecular flexibility index (Phi) is 3.44. The fraction of sp³-hybridized carbons (Fsp3) is 0.500. The van der Waals surface area contributed by atoms with Gasteiger partial charge in [0.25, 0.3) is 0 Å². The van der Waals surface area contributed by atoms with Crippen molar-refractivity contribution < 1.29 is 9.59 Å². The van der Waals surface area contributed by atoms with Gasteiger partial charge in [0.1, 0.15) is 0 Å². The van der Waals surface area contributed by atoms with Crippen molar-refractivity contribution in [2.45, 2.75) is 33.1 Å². The number of benzene rings is 1. The zero-order valence-electron chi connectivity index (χ0n) is 11.7. The van der Waals surface area contributed by atoms with Crippen LogP contribution in [0.4, 0.5) is 5.69 Å². The van der Waals surface area contributed by atoms with Crippen molar-refractivity contribution in [3.05, 3.63) is 28.2 Å². The Morgan fingerprint density at radius 2 is 1.80 bits per heavy atom. The maximum absolute atomic E-state index is 12.6. The van der Waals surface area contributed by atoms with Crippen LogP contribution < -0.4 is 4.90 Å². The number of imide groups is 1. The fourth-order valence-electron chi connectivity index (χ4n) is 3.52. The molecule has 2 amide bonds. The summed E-state index contributed by atoms with van der Waals surface area (Å²) >= 11 is 3.42. The van der Waals surface area contributed by atoms with E-state index in [0.29, 0.717) is 5.92 Å². The molecule has 1 aromatic carbocycles. The highest BCUT2D eigenvalue weighted by Crippen LogP contribution is 2.46. The van der Waals surface area contributed by atoms with Gasteiger partial charge in [0, 0.05) is 4.47 Å². The van der Waals surface area contributed by atoms with E-state index < -0.39 is 0 Å². The molecule has 0 radical (unpaired) electrons. The fourth-order valence-corrected chi connectivity index (χ4v) is 3.87. The van der Waals surface area contributed by atoms with Gasteiger partial charge in [-0.3, -0.25) is 9.59 Å². The zero-order chi connectivity index (χ0) is 14.4. The Morgan fingerprint density at radius 3 is 2.35 bits per heavy atom. The van der Waals surface area contributed by atoms with Crippen LogP contribution in [-0.2, 0) is 9.59 Å². The summed E-state index contributed by atoms with van der Waals surface area (Å²) in [5.74, 6) is 0.342. The molecule has 106 valence electrons. The Labute approximate surface area is 127 Å². The Hall–Kier alpha value is -1.16. The van der Waals surface area contributed by atoms with E-state index in [-0.39, 0.29) is 23.7 Å². The van der Waals surface area contributed by atoms with Gasteiger partial charge in [-0.15, -0.1) is 0 Å². The molecule has 1 heterocycles. The van der Waals surface area contributed by atoms with Crippen LogP contribution in [0.3, 0.4) is 0 Å². The second kappa shape index (κ2) is 4.99. The van der Waals surface area contributed by atoms with Crippen LogP contribution in [0, 0.1) is 24.7 Å². The highest BCUT2D eigenvalue weighted by atomic mass is 79.9. The number of hydrogen-bond donors (Lipinski definition) is 0. The number of anilines is 1. The summed E-state index contributed by atoms with van der Waals surface area (Å²) in [5.41, 5.74) is 1.69. The molecule has 1 saturated heterocycles. The van der Waals surface area contributed by atoms with E-state index >= 15 is 0 Å². The SMILES string of the molecule is CCC1CC2C(=O)N(c3cc(Br)ccc3C)C(=O)C2C1. The Morgan fingerprint density at radius 1 is 1.20 bits per heavy atom. The Bertz CT molecular complexity index is 560. The predicted molar refractivity (Wildman–Crippen MR) is 81.4 cm³/mol. The van der Waals surface area contributed by atoms with Crippen LogP contribution in [0.1, 0.15) is 31.7 Å². The number of nitrogens with zero attached hydrogens (tertiary/aromatic N) is 1. The topological polar surface area (TPSA) is 37.4 Å². The standard InChI is InChI=1S/C16H18BrNO2/c1-3-10-6-12-13(7-10)16(20)18(15(12)19)14-8-11(17)5-4-9(14)2/h4-5,8,10,12-13H,3,6-7H2,1-2H3. The van der Waals surface area contributed by atoms with E-state index in [9.17, 15) is 9.59 Å². The number of carbonyl (C=O) groups excluding carboxylic acids is 2. The summed E-state index contributed by atoms with van der Waals surface area (Å²) in [6.07, 6.45) is 2.80. The van der Waals surface area contributed by atoms with Crippen LogP contribution in [0.5, 0.6) is 0 Å². The van der Waals surface area contributed by atoms with Crippen LogP contribution >= 0.6 is 15.9 Å². The van der Waals surface area contributed by atoms with Gasteiger partial charge in [-0.25, -0.2) is 4.90 Å². The summed E-state index contributed by atoms with van der Waals surface area (Å²) < 4.78 is 0.891. The van der Waals surface area contributed by atoms with Crippen molar-refractivity contribution in [3.8, 4) is 0 Å². The maximum Gasteiger partial charge on any atom is 0.237 e. The lowest BCUT2D eigenvalue weighted by Crippen LogP contribution is -2.32. The van der Waals surface area contributed by atoms with Crippen molar-refractivity contribution in [1.82, 2.24) is 0 Å². The number of amides is 2. The van der Waals surface area contributed by atoms with Gasteiger partial charge >= 0.3 is 0 Å². The molecule has 2 aliphatic rings. The molecule has 0 bridgehead atoms. The highest BCUT2D eigenvalue weighted by Gasteiger charge is 2.52. The monoisotopic (exact) mass is 335 g/mol. The smallest absolute Gasteiger partial charge is 0.237 e. The maximum atomic E-state index is 12.6. The third-order valence-electron chi connectivity index (χ3n) is 4.72. The van der Waals surface area contributed by atoms with Crippen molar-refractivity contribution in [3.63, 3.8) is 0 Å². The van der Waals surface area contributed by atoms with E-state index in [1.807, 2.05) is 25.1 Å². The number of carbonyl (C=O) groups is 2. The minimum absolute atomic E-state index is 0.00264. The molecule has 3 rings (SSSR count). The summed E-state index contributed by atoms with van der Waals surface area (Å²) in [7, 11) is 0. The number of fused-ring (bicyclic) bond motifs is 1. The van der Waals surface area contributed by atoms with Gasteiger partial charge in [-0.1, -0.05) is 35.3 Å². The molecule has 1 saturated carbocycles. The minimum atomic E-state index is -0.0918. The van der Waals surface area contributed by atoms with Crippen molar-refractivity contribution in [2.24, 2.45) is 17.8 Å². The predicted octanol–water partition coefficient (Wildman–Crippen LogP) is 3.68. The molecule has 1 aliphatic heterocycles. The first-order valence-electron chi connectivity index (χ1n) is 7.17. The number of aryl methyl sites for hydroxylation is 1. The molecule has 20 heavy (non-hydrogen) atoms. The number of halogens is 1. The molecule has 0 aromatic heterocycles. The second-order valence-electron chi connectivity index (χ2n) is 5.90. The van der Waals surface area contributed by atoms with E-state index in [2.05, 4.69) is 22.9 Å².